The molecule has 8 heteroatoms. The SMILES string of the molecule is Nc1nc2c(c(=O)[nH]1)CCC(c1ccccc1Cl)C2.O=C(O)O. The summed E-state index contributed by atoms with van der Waals surface area (Å²) < 4.78 is 0. The molecule has 1 aromatic heterocycles. The summed E-state index contributed by atoms with van der Waals surface area (Å²) in [6.45, 7) is 0. The predicted molar refractivity (Wildman–Crippen MR) is 86.1 cm³/mol. The Labute approximate surface area is 136 Å². The minimum absolute atomic E-state index is 0.111. The van der Waals surface area contributed by atoms with Crippen molar-refractivity contribution >= 4 is 23.7 Å². The van der Waals surface area contributed by atoms with E-state index in [4.69, 9.17) is 32.3 Å². The van der Waals surface area contributed by atoms with Gasteiger partial charge in [-0.1, -0.05) is 29.8 Å². The number of nitrogens with one attached hydrogen (secondary N) is 1. The summed E-state index contributed by atoms with van der Waals surface area (Å²) in [5.41, 5.74) is 8.18. The number of rotatable bonds is 1. The molecule has 1 heterocycles. The summed E-state index contributed by atoms with van der Waals surface area (Å²) in [5, 5.41) is 14.7. The highest BCUT2D eigenvalue weighted by Crippen LogP contribution is 2.34. The highest BCUT2D eigenvalue weighted by atomic mass is 35.5. The molecule has 1 atom stereocenters. The van der Waals surface area contributed by atoms with Crippen LogP contribution in [0.15, 0.2) is 29.1 Å². The van der Waals surface area contributed by atoms with Crippen molar-refractivity contribution in [3.8, 4) is 0 Å². The highest BCUT2D eigenvalue weighted by Gasteiger charge is 2.24. The summed E-state index contributed by atoms with van der Waals surface area (Å²) in [6.07, 6.45) is 0.506. The van der Waals surface area contributed by atoms with E-state index in [-0.39, 0.29) is 11.5 Å². The van der Waals surface area contributed by atoms with Crippen molar-refractivity contribution in [3.63, 3.8) is 0 Å². The van der Waals surface area contributed by atoms with Crippen molar-refractivity contribution in [2.75, 3.05) is 5.73 Å². The number of fused-ring (bicyclic) bond motifs is 1. The molecule has 1 aliphatic rings. The van der Waals surface area contributed by atoms with Crippen molar-refractivity contribution in [1.82, 2.24) is 9.97 Å². The summed E-state index contributed by atoms with van der Waals surface area (Å²) >= 11 is 6.23. The molecule has 0 radical (unpaired) electrons. The van der Waals surface area contributed by atoms with Gasteiger partial charge in [0.2, 0.25) is 5.95 Å². The van der Waals surface area contributed by atoms with Crippen LogP contribution in [0.3, 0.4) is 0 Å². The Morgan fingerprint density at radius 1 is 1.35 bits per heavy atom. The number of anilines is 1. The number of carbonyl (C=O) groups is 1. The van der Waals surface area contributed by atoms with E-state index in [1.807, 2.05) is 24.3 Å². The first kappa shape index (κ1) is 16.8. The van der Waals surface area contributed by atoms with E-state index in [0.717, 1.165) is 28.3 Å². The summed E-state index contributed by atoms with van der Waals surface area (Å²) in [4.78, 5) is 27.2. The van der Waals surface area contributed by atoms with E-state index in [2.05, 4.69) is 9.97 Å². The van der Waals surface area contributed by atoms with Crippen molar-refractivity contribution < 1.29 is 15.0 Å². The number of halogens is 1. The Hall–Kier alpha value is -2.54. The Morgan fingerprint density at radius 2 is 2.00 bits per heavy atom. The number of benzene rings is 1. The zero-order valence-electron chi connectivity index (χ0n) is 12.1. The minimum atomic E-state index is -1.83. The third-order valence-electron chi connectivity index (χ3n) is 3.65. The summed E-state index contributed by atoms with van der Waals surface area (Å²) in [5.74, 6) is 0.485. The van der Waals surface area contributed by atoms with Crippen LogP contribution >= 0.6 is 11.6 Å². The third kappa shape index (κ3) is 4.23. The minimum Gasteiger partial charge on any atom is -0.450 e. The van der Waals surface area contributed by atoms with Crippen molar-refractivity contribution in [3.05, 3.63) is 56.5 Å². The van der Waals surface area contributed by atoms with Gasteiger partial charge >= 0.3 is 6.16 Å². The maximum absolute atomic E-state index is 11.8. The molecule has 0 saturated heterocycles. The second-order valence-electron chi connectivity index (χ2n) is 5.12. The van der Waals surface area contributed by atoms with Crippen LogP contribution in [0.1, 0.15) is 29.2 Å². The number of aromatic amines is 1. The van der Waals surface area contributed by atoms with Crippen LogP contribution in [-0.4, -0.2) is 26.3 Å². The quantitative estimate of drug-likeness (QED) is 0.632. The molecule has 1 unspecified atom stereocenters. The molecule has 0 fully saturated rings. The molecule has 2 aromatic rings. The lowest BCUT2D eigenvalue weighted by Crippen LogP contribution is -2.25. The van der Waals surface area contributed by atoms with Crippen molar-refractivity contribution in [2.45, 2.75) is 25.2 Å². The van der Waals surface area contributed by atoms with Crippen LogP contribution < -0.4 is 11.3 Å². The number of carboxylic acid groups (broad SMARTS) is 2. The first-order chi connectivity index (χ1) is 10.9. The molecule has 0 spiro atoms. The summed E-state index contributed by atoms with van der Waals surface area (Å²) in [7, 11) is 0. The van der Waals surface area contributed by atoms with Gasteiger partial charge in [0.05, 0.1) is 5.69 Å². The average molecular weight is 338 g/mol. The molecule has 7 nitrogen and oxygen atoms in total. The molecule has 0 bridgehead atoms. The molecular weight excluding hydrogens is 322 g/mol. The van der Waals surface area contributed by atoms with Gasteiger partial charge in [0.15, 0.2) is 0 Å². The Bertz CT molecular complexity index is 772. The normalized spacial score (nSPS) is 16.0. The number of hydrogen-bond donors (Lipinski definition) is 4. The van der Waals surface area contributed by atoms with Gasteiger partial charge in [-0.15, -0.1) is 0 Å². The van der Waals surface area contributed by atoms with Crippen LogP contribution in [0.4, 0.5) is 10.7 Å². The molecule has 1 aromatic carbocycles. The van der Waals surface area contributed by atoms with E-state index in [1.165, 1.54) is 0 Å². The van der Waals surface area contributed by atoms with Crippen molar-refractivity contribution in [1.29, 1.82) is 0 Å². The fourth-order valence-electron chi connectivity index (χ4n) is 2.72. The molecule has 122 valence electrons. The van der Waals surface area contributed by atoms with Gasteiger partial charge in [-0.05, 0) is 36.8 Å². The van der Waals surface area contributed by atoms with E-state index in [0.29, 0.717) is 18.8 Å². The molecule has 0 saturated carbocycles. The summed E-state index contributed by atoms with van der Waals surface area (Å²) in [6, 6.07) is 7.83. The monoisotopic (exact) mass is 337 g/mol. The van der Waals surface area contributed by atoms with Gasteiger partial charge in [0.25, 0.3) is 5.56 Å². The fraction of sp³-hybridized carbons (Fsp3) is 0.267. The smallest absolute Gasteiger partial charge is 0.450 e. The Kier molecular flexibility index (Phi) is 5.23. The van der Waals surface area contributed by atoms with Gasteiger partial charge in [0, 0.05) is 10.6 Å². The molecule has 1 aliphatic carbocycles. The van der Waals surface area contributed by atoms with E-state index in [9.17, 15) is 4.79 Å². The van der Waals surface area contributed by atoms with Gasteiger partial charge in [-0.2, -0.15) is 0 Å². The van der Waals surface area contributed by atoms with Crippen LogP contribution in [0.5, 0.6) is 0 Å². The van der Waals surface area contributed by atoms with Gasteiger partial charge in [0.1, 0.15) is 0 Å². The first-order valence-corrected chi connectivity index (χ1v) is 7.30. The number of nitrogen functional groups attached to an aromatic ring is 1. The molecule has 0 amide bonds. The van der Waals surface area contributed by atoms with Crippen molar-refractivity contribution in [2.24, 2.45) is 0 Å². The molecule has 3 rings (SSSR count). The van der Waals surface area contributed by atoms with E-state index >= 15 is 0 Å². The standard InChI is InChI=1S/C14H14ClN3O.CH2O3/c15-11-4-2-1-3-9(11)8-5-6-10-12(7-8)17-14(16)18-13(10)19;2-1(3)4/h1-4,8H,5-7H2,(H3,16,17,18,19);(H2,2,3,4). The van der Waals surface area contributed by atoms with Gasteiger partial charge in [-0.3, -0.25) is 9.78 Å². The third-order valence-corrected chi connectivity index (χ3v) is 3.99. The van der Waals surface area contributed by atoms with E-state index < -0.39 is 6.16 Å². The largest absolute Gasteiger partial charge is 0.503 e. The molecule has 23 heavy (non-hydrogen) atoms. The number of nitrogens with two attached hydrogens (primary N) is 1. The number of aromatic nitrogens is 2. The number of H-pyrrole nitrogens is 1. The van der Waals surface area contributed by atoms with Gasteiger partial charge < -0.3 is 15.9 Å². The molecule has 5 N–H and O–H groups in total. The second kappa shape index (κ2) is 7.15. The molecule has 0 aliphatic heterocycles. The van der Waals surface area contributed by atoms with Crippen LogP contribution in [-0.2, 0) is 12.8 Å². The fourth-order valence-corrected chi connectivity index (χ4v) is 3.01. The van der Waals surface area contributed by atoms with Crippen LogP contribution in [0, 0.1) is 0 Å². The zero-order valence-corrected chi connectivity index (χ0v) is 12.9. The lowest BCUT2D eigenvalue weighted by molar-refractivity contribution is 0.137. The lowest BCUT2D eigenvalue weighted by atomic mass is 9.83. The van der Waals surface area contributed by atoms with Gasteiger partial charge in [-0.25, -0.2) is 9.78 Å². The maximum Gasteiger partial charge on any atom is 0.503 e. The Morgan fingerprint density at radius 3 is 2.65 bits per heavy atom. The average Bonchev–Trinajstić information content (AvgIpc) is 2.46. The second-order valence-corrected chi connectivity index (χ2v) is 5.53. The van der Waals surface area contributed by atoms with E-state index in [1.54, 1.807) is 0 Å². The number of hydrogen-bond acceptors (Lipinski definition) is 4. The maximum atomic E-state index is 11.8. The zero-order chi connectivity index (χ0) is 17.0. The number of nitrogens with zero attached hydrogens (tertiary/aromatic N) is 1. The molecular formula is C15H16ClN3O4. The van der Waals surface area contributed by atoms with Crippen LogP contribution in [0.25, 0.3) is 0 Å². The predicted octanol–water partition coefficient (Wildman–Crippen LogP) is 2.50. The highest BCUT2D eigenvalue weighted by molar-refractivity contribution is 6.31. The topological polar surface area (TPSA) is 129 Å². The lowest BCUT2D eigenvalue weighted by Gasteiger charge is -2.24. The van der Waals surface area contributed by atoms with Crippen LogP contribution in [0.2, 0.25) is 5.02 Å². The first-order valence-electron chi connectivity index (χ1n) is 6.92. The Balaban J connectivity index is 0.000000433.